The lowest BCUT2D eigenvalue weighted by Gasteiger charge is -2.20. The van der Waals surface area contributed by atoms with Crippen molar-refractivity contribution in [1.82, 2.24) is 5.32 Å². The molecule has 4 heteroatoms. The number of fused-ring (bicyclic) bond motifs is 1. The van der Waals surface area contributed by atoms with Gasteiger partial charge in [-0.15, -0.1) is 0 Å². The smallest absolute Gasteiger partial charge is 0.258 e. The van der Waals surface area contributed by atoms with Crippen LogP contribution in [0.5, 0.6) is 11.5 Å². The molecule has 0 heterocycles. The zero-order valence-corrected chi connectivity index (χ0v) is 15.6. The molecular formula is C22H27NO3. The number of carbonyl (C=O) groups excluding carboxylic acids is 1. The quantitative estimate of drug-likeness (QED) is 0.811. The van der Waals surface area contributed by atoms with Crippen LogP contribution in [-0.2, 0) is 17.6 Å². The van der Waals surface area contributed by atoms with Crippen LogP contribution in [0.2, 0.25) is 0 Å². The SMILES string of the molecule is CCOc1ccccc1OCC(=O)N[C@H](C)c1ccc2c(c1)CCCC2. The highest BCUT2D eigenvalue weighted by Crippen LogP contribution is 2.27. The third-order valence-corrected chi connectivity index (χ3v) is 4.76. The third kappa shape index (κ3) is 4.57. The molecule has 1 aliphatic rings. The van der Waals surface area contributed by atoms with Gasteiger partial charge >= 0.3 is 0 Å². The number of ether oxygens (including phenoxy) is 2. The highest BCUT2D eigenvalue weighted by atomic mass is 16.5. The van der Waals surface area contributed by atoms with Gasteiger partial charge in [-0.05, 0) is 68.4 Å². The second kappa shape index (κ2) is 8.75. The van der Waals surface area contributed by atoms with Gasteiger partial charge in [0.05, 0.1) is 12.6 Å². The van der Waals surface area contributed by atoms with Crippen molar-refractivity contribution in [2.24, 2.45) is 0 Å². The maximum Gasteiger partial charge on any atom is 0.258 e. The van der Waals surface area contributed by atoms with Gasteiger partial charge in [0.25, 0.3) is 5.91 Å². The number of benzene rings is 2. The predicted octanol–water partition coefficient (Wildman–Crippen LogP) is 4.22. The van der Waals surface area contributed by atoms with Gasteiger partial charge in [0, 0.05) is 0 Å². The van der Waals surface area contributed by atoms with Gasteiger partial charge in [0.15, 0.2) is 18.1 Å². The monoisotopic (exact) mass is 353 g/mol. The molecule has 0 saturated heterocycles. The molecule has 138 valence electrons. The maximum atomic E-state index is 12.3. The first-order valence-electron chi connectivity index (χ1n) is 9.43. The van der Waals surface area contributed by atoms with E-state index < -0.39 is 0 Å². The fourth-order valence-electron chi connectivity index (χ4n) is 3.38. The number of aryl methyl sites for hydroxylation is 2. The van der Waals surface area contributed by atoms with Crippen molar-refractivity contribution in [2.75, 3.05) is 13.2 Å². The van der Waals surface area contributed by atoms with Gasteiger partial charge in [-0.1, -0.05) is 30.3 Å². The molecule has 3 rings (SSSR count). The Kier molecular flexibility index (Phi) is 6.16. The van der Waals surface area contributed by atoms with E-state index in [4.69, 9.17) is 9.47 Å². The second-order valence-electron chi connectivity index (χ2n) is 6.69. The van der Waals surface area contributed by atoms with Crippen molar-refractivity contribution in [3.8, 4) is 11.5 Å². The lowest BCUT2D eigenvalue weighted by Crippen LogP contribution is -2.31. The van der Waals surface area contributed by atoms with E-state index in [1.807, 2.05) is 38.1 Å². The highest BCUT2D eigenvalue weighted by molar-refractivity contribution is 5.78. The lowest BCUT2D eigenvalue weighted by molar-refractivity contribution is -0.123. The Balaban J connectivity index is 1.56. The Hall–Kier alpha value is -2.49. The molecule has 0 fully saturated rings. The molecule has 1 aliphatic carbocycles. The molecule has 4 nitrogen and oxygen atoms in total. The van der Waals surface area contributed by atoms with E-state index in [9.17, 15) is 4.79 Å². The Morgan fingerprint density at radius 3 is 2.46 bits per heavy atom. The van der Waals surface area contributed by atoms with Crippen LogP contribution in [0.1, 0.15) is 49.4 Å². The topological polar surface area (TPSA) is 47.6 Å². The highest BCUT2D eigenvalue weighted by Gasteiger charge is 2.15. The predicted molar refractivity (Wildman–Crippen MR) is 103 cm³/mol. The molecule has 0 radical (unpaired) electrons. The zero-order valence-electron chi connectivity index (χ0n) is 15.6. The van der Waals surface area contributed by atoms with Crippen LogP contribution in [0.15, 0.2) is 42.5 Å². The van der Waals surface area contributed by atoms with E-state index in [0.717, 1.165) is 12.0 Å². The fourth-order valence-corrected chi connectivity index (χ4v) is 3.38. The normalized spacial score (nSPS) is 14.2. The summed E-state index contributed by atoms with van der Waals surface area (Å²) in [5.41, 5.74) is 4.03. The van der Waals surface area contributed by atoms with Crippen molar-refractivity contribution in [2.45, 2.75) is 45.6 Å². The number of carbonyl (C=O) groups is 1. The van der Waals surface area contributed by atoms with Crippen LogP contribution in [0.3, 0.4) is 0 Å². The first-order chi connectivity index (χ1) is 12.7. The van der Waals surface area contributed by atoms with Gasteiger partial charge in [0.1, 0.15) is 0 Å². The summed E-state index contributed by atoms with van der Waals surface area (Å²) in [5.74, 6) is 1.11. The lowest BCUT2D eigenvalue weighted by atomic mass is 9.89. The van der Waals surface area contributed by atoms with Crippen LogP contribution >= 0.6 is 0 Å². The van der Waals surface area contributed by atoms with Crippen molar-refractivity contribution in [3.63, 3.8) is 0 Å². The molecule has 1 amide bonds. The summed E-state index contributed by atoms with van der Waals surface area (Å²) in [6.45, 7) is 4.46. The molecule has 0 unspecified atom stereocenters. The summed E-state index contributed by atoms with van der Waals surface area (Å²) in [6.07, 6.45) is 4.84. The molecular weight excluding hydrogens is 326 g/mol. The van der Waals surface area contributed by atoms with Crippen LogP contribution in [-0.4, -0.2) is 19.1 Å². The molecule has 2 aromatic rings. The van der Waals surface area contributed by atoms with E-state index in [0.29, 0.717) is 18.1 Å². The van der Waals surface area contributed by atoms with Crippen LogP contribution in [0.4, 0.5) is 0 Å². The average molecular weight is 353 g/mol. The van der Waals surface area contributed by atoms with Crippen LogP contribution in [0.25, 0.3) is 0 Å². The second-order valence-corrected chi connectivity index (χ2v) is 6.69. The van der Waals surface area contributed by atoms with E-state index in [-0.39, 0.29) is 18.6 Å². The minimum Gasteiger partial charge on any atom is -0.490 e. The molecule has 0 spiro atoms. The van der Waals surface area contributed by atoms with Crippen molar-refractivity contribution >= 4 is 5.91 Å². The van der Waals surface area contributed by atoms with Gasteiger partial charge in [0.2, 0.25) is 0 Å². The zero-order chi connectivity index (χ0) is 18.4. The van der Waals surface area contributed by atoms with Crippen molar-refractivity contribution < 1.29 is 14.3 Å². The van der Waals surface area contributed by atoms with E-state index in [1.54, 1.807) is 0 Å². The number of hydrogen-bond acceptors (Lipinski definition) is 3. The molecule has 26 heavy (non-hydrogen) atoms. The number of rotatable bonds is 7. The fraction of sp³-hybridized carbons (Fsp3) is 0.409. The minimum atomic E-state index is -0.137. The summed E-state index contributed by atoms with van der Waals surface area (Å²) in [6, 6.07) is 13.9. The Bertz CT molecular complexity index is 757. The molecule has 1 atom stereocenters. The summed E-state index contributed by atoms with van der Waals surface area (Å²) >= 11 is 0. The number of nitrogens with one attached hydrogen (secondary N) is 1. The summed E-state index contributed by atoms with van der Waals surface area (Å²) in [4.78, 5) is 12.3. The van der Waals surface area contributed by atoms with Gasteiger partial charge in [-0.25, -0.2) is 0 Å². The third-order valence-electron chi connectivity index (χ3n) is 4.76. The number of amides is 1. The van der Waals surface area contributed by atoms with Crippen LogP contribution in [0, 0.1) is 0 Å². The molecule has 0 aromatic heterocycles. The standard InChI is InChI=1S/C22H27NO3/c1-3-25-20-10-6-7-11-21(20)26-15-22(24)23-16(2)18-13-12-17-8-4-5-9-19(17)14-18/h6-7,10-14,16H,3-5,8-9,15H2,1-2H3,(H,23,24)/t16-/m1/s1. The van der Waals surface area contributed by atoms with E-state index in [1.165, 1.54) is 30.4 Å². The molecule has 0 aliphatic heterocycles. The molecule has 0 bridgehead atoms. The minimum absolute atomic E-state index is 0.0284. The van der Waals surface area contributed by atoms with Crippen molar-refractivity contribution in [3.05, 3.63) is 59.2 Å². The summed E-state index contributed by atoms with van der Waals surface area (Å²) in [5, 5.41) is 3.02. The summed E-state index contributed by atoms with van der Waals surface area (Å²) in [7, 11) is 0. The molecule has 2 aromatic carbocycles. The average Bonchev–Trinajstić information content (AvgIpc) is 2.67. The number of hydrogen-bond donors (Lipinski definition) is 1. The first kappa shape index (κ1) is 18.3. The Morgan fingerprint density at radius 2 is 1.73 bits per heavy atom. The van der Waals surface area contributed by atoms with E-state index in [2.05, 4.69) is 23.5 Å². The van der Waals surface area contributed by atoms with Gasteiger partial charge in [-0.2, -0.15) is 0 Å². The van der Waals surface area contributed by atoms with Gasteiger partial charge in [-0.3, -0.25) is 4.79 Å². The number of para-hydroxylation sites is 2. The van der Waals surface area contributed by atoms with Gasteiger partial charge < -0.3 is 14.8 Å². The van der Waals surface area contributed by atoms with E-state index >= 15 is 0 Å². The van der Waals surface area contributed by atoms with Crippen molar-refractivity contribution in [1.29, 1.82) is 0 Å². The summed E-state index contributed by atoms with van der Waals surface area (Å²) < 4.78 is 11.2. The molecule has 0 saturated carbocycles. The Morgan fingerprint density at radius 1 is 1.04 bits per heavy atom. The van der Waals surface area contributed by atoms with Crippen LogP contribution < -0.4 is 14.8 Å². The molecule has 1 N–H and O–H groups in total. The maximum absolute atomic E-state index is 12.3. The largest absolute Gasteiger partial charge is 0.490 e. The Labute approximate surface area is 155 Å². The first-order valence-corrected chi connectivity index (χ1v) is 9.43.